The van der Waals surface area contributed by atoms with Crippen molar-refractivity contribution in [2.45, 2.75) is 44.7 Å². The lowest BCUT2D eigenvalue weighted by molar-refractivity contribution is -0.388. The van der Waals surface area contributed by atoms with E-state index in [-0.39, 0.29) is 5.82 Å². The molecule has 0 amide bonds. The number of aromatic nitrogens is 2. The predicted octanol–water partition coefficient (Wildman–Crippen LogP) is 1.60. The molecular weight excluding hydrogens is 258 g/mol. The zero-order valence-electron chi connectivity index (χ0n) is 12.6. The molecule has 0 saturated heterocycles. The summed E-state index contributed by atoms with van der Waals surface area (Å²) in [7, 11) is 5.76. The van der Waals surface area contributed by atoms with Crippen LogP contribution in [-0.2, 0) is 7.05 Å². The van der Waals surface area contributed by atoms with E-state index in [9.17, 15) is 10.1 Å². The number of nitrogens with zero attached hydrogens (tertiary/aromatic N) is 4. The fraction of sp³-hybridized carbons (Fsp3) is 0.769. The molecule has 1 aliphatic carbocycles. The number of nitrogens with one attached hydrogen (secondary N) is 1. The molecule has 1 heterocycles. The first-order chi connectivity index (χ1) is 9.45. The van der Waals surface area contributed by atoms with Crippen molar-refractivity contribution < 1.29 is 4.92 Å². The molecule has 20 heavy (non-hydrogen) atoms. The highest BCUT2D eigenvalue weighted by Gasteiger charge is 2.31. The van der Waals surface area contributed by atoms with E-state index in [0.29, 0.717) is 23.7 Å². The molecule has 0 unspecified atom stereocenters. The Kier molecular flexibility index (Phi) is 4.27. The Hall–Kier alpha value is -1.63. The van der Waals surface area contributed by atoms with Crippen LogP contribution in [0.4, 0.5) is 11.6 Å². The molecule has 1 aromatic rings. The summed E-state index contributed by atoms with van der Waals surface area (Å²) in [5.74, 6) is 1.24. The van der Waals surface area contributed by atoms with Gasteiger partial charge < -0.3 is 20.3 Å². The van der Waals surface area contributed by atoms with E-state index in [2.05, 4.69) is 10.3 Å². The second-order valence-electron chi connectivity index (χ2n) is 5.53. The maximum absolute atomic E-state index is 11.2. The van der Waals surface area contributed by atoms with Crippen LogP contribution in [0, 0.1) is 17.0 Å². The predicted molar refractivity (Wildman–Crippen MR) is 78.1 cm³/mol. The van der Waals surface area contributed by atoms with E-state index in [1.807, 2.05) is 30.6 Å². The molecule has 0 spiro atoms. The normalized spacial score (nSPS) is 22.8. The minimum atomic E-state index is -0.391. The number of imidazole rings is 1. The third-order valence-electron chi connectivity index (χ3n) is 4.43. The molecule has 0 aliphatic heterocycles. The monoisotopic (exact) mass is 281 g/mol. The van der Waals surface area contributed by atoms with Gasteiger partial charge >= 0.3 is 5.82 Å². The Labute approximate surface area is 119 Å². The number of aryl methyl sites for hydroxylation is 1. The molecule has 7 nitrogen and oxygen atoms in total. The van der Waals surface area contributed by atoms with Crippen LogP contribution in [0.25, 0.3) is 0 Å². The number of hydrogen-bond donors (Lipinski definition) is 1. The van der Waals surface area contributed by atoms with Gasteiger partial charge in [0.05, 0.1) is 0 Å². The fourth-order valence-corrected chi connectivity index (χ4v) is 3.02. The van der Waals surface area contributed by atoms with Crippen LogP contribution in [0.3, 0.4) is 0 Å². The number of nitro groups is 1. The molecule has 0 radical (unpaired) electrons. The number of hydrogen-bond acceptors (Lipinski definition) is 5. The first-order valence-electron chi connectivity index (χ1n) is 7.03. The SMILES string of the molecule is CNC1CCC(N(C)c2c([N+](=O)[O-])nc(C)n2C)CC1. The Morgan fingerprint density at radius 3 is 2.50 bits per heavy atom. The third kappa shape index (κ3) is 2.63. The van der Waals surface area contributed by atoms with Crippen molar-refractivity contribution in [3.8, 4) is 0 Å². The molecular formula is C13H23N5O2. The molecule has 1 aliphatic rings. The lowest BCUT2D eigenvalue weighted by atomic mass is 9.90. The fourth-order valence-electron chi connectivity index (χ4n) is 3.02. The van der Waals surface area contributed by atoms with Crippen molar-refractivity contribution in [1.29, 1.82) is 0 Å². The van der Waals surface area contributed by atoms with Gasteiger partial charge in [0.2, 0.25) is 11.6 Å². The molecule has 0 atom stereocenters. The summed E-state index contributed by atoms with van der Waals surface area (Å²) in [5.41, 5.74) is 0. The molecule has 1 saturated carbocycles. The van der Waals surface area contributed by atoms with Gasteiger partial charge in [-0.3, -0.25) is 4.57 Å². The van der Waals surface area contributed by atoms with Crippen LogP contribution in [0.1, 0.15) is 31.5 Å². The maximum Gasteiger partial charge on any atom is 0.406 e. The Morgan fingerprint density at radius 1 is 1.40 bits per heavy atom. The van der Waals surface area contributed by atoms with Crippen molar-refractivity contribution in [3.05, 3.63) is 15.9 Å². The van der Waals surface area contributed by atoms with E-state index in [1.165, 1.54) is 0 Å². The number of rotatable bonds is 4. The van der Waals surface area contributed by atoms with E-state index in [4.69, 9.17) is 0 Å². The Bertz CT molecular complexity index is 491. The van der Waals surface area contributed by atoms with E-state index >= 15 is 0 Å². The van der Waals surface area contributed by atoms with Crippen molar-refractivity contribution in [3.63, 3.8) is 0 Å². The molecule has 1 aromatic heterocycles. The first-order valence-corrected chi connectivity index (χ1v) is 7.03. The smallest absolute Gasteiger partial charge is 0.358 e. The maximum atomic E-state index is 11.2. The van der Waals surface area contributed by atoms with Crippen molar-refractivity contribution in [1.82, 2.24) is 14.9 Å². The van der Waals surface area contributed by atoms with Crippen molar-refractivity contribution >= 4 is 11.6 Å². The highest BCUT2D eigenvalue weighted by atomic mass is 16.6. The highest BCUT2D eigenvalue weighted by molar-refractivity contribution is 5.56. The van der Waals surface area contributed by atoms with Crippen LogP contribution >= 0.6 is 0 Å². The molecule has 112 valence electrons. The molecule has 1 fully saturated rings. The summed E-state index contributed by atoms with van der Waals surface area (Å²) in [6.07, 6.45) is 4.30. The average molecular weight is 281 g/mol. The van der Waals surface area contributed by atoms with Gasteiger partial charge in [-0.2, -0.15) is 0 Å². The topological polar surface area (TPSA) is 76.2 Å². The largest absolute Gasteiger partial charge is 0.406 e. The summed E-state index contributed by atoms with van der Waals surface area (Å²) in [4.78, 5) is 16.9. The highest BCUT2D eigenvalue weighted by Crippen LogP contribution is 2.32. The zero-order valence-corrected chi connectivity index (χ0v) is 12.6. The van der Waals surface area contributed by atoms with E-state index in [0.717, 1.165) is 25.7 Å². The Morgan fingerprint density at radius 2 is 2.00 bits per heavy atom. The molecule has 0 aromatic carbocycles. The van der Waals surface area contributed by atoms with Crippen LogP contribution in [0.2, 0.25) is 0 Å². The van der Waals surface area contributed by atoms with Gasteiger partial charge in [0.15, 0.2) is 0 Å². The third-order valence-corrected chi connectivity index (χ3v) is 4.43. The molecule has 2 rings (SSSR count). The van der Waals surface area contributed by atoms with Crippen LogP contribution in [0.5, 0.6) is 0 Å². The molecule has 1 N–H and O–H groups in total. The van der Waals surface area contributed by atoms with Gasteiger partial charge in [0.1, 0.15) is 0 Å². The Balaban J connectivity index is 2.21. The zero-order chi connectivity index (χ0) is 14.9. The molecule has 7 heteroatoms. The summed E-state index contributed by atoms with van der Waals surface area (Å²) >= 11 is 0. The minimum Gasteiger partial charge on any atom is -0.358 e. The van der Waals surface area contributed by atoms with Crippen LogP contribution < -0.4 is 10.2 Å². The lowest BCUT2D eigenvalue weighted by Gasteiger charge is -2.35. The standard InChI is InChI=1S/C13H23N5O2/c1-9-15-12(18(19)20)13(16(9)3)17(4)11-7-5-10(14-2)6-8-11/h10-11,14H,5-8H2,1-4H3. The van der Waals surface area contributed by atoms with Gasteiger partial charge in [-0.25, -0.2) is 0 Å². The number of anilines is 1. The van der Waals surface area contributed by atoms with Crippen LogP contribution in [-0.4, -0.2) is 40.7 Å². The second-order valence-corrected chi connectivity index (χ2v) is 5.53. The first kappa shape index (κ1) is 14.8. The average Bonchev–Trinajstić information content (AvgIpc) is 2.74. The van der Waals surface area contributed by atoms with Gasteiger partial charge in [-0.1, -0.05) is 0 Å². The summed E-state index contributed by atoms with van der Waals surface area (Å²) in [6.45, 7) is 1.79. The quantitative estimate of drug-likeness (QED) is 0.670. The van der Waals surface area contributed by atoms with E-state index in [1.54, 1.807) is 6.92 Å². The van der Waals surface area contributed by atoms with Crippen molar-refractivity contribution in [2.24, 2.45) is 7.05 Å². The minimum absolute atomic E-state index is 0.0387. The second kappa shape index (κ2) is 5.78. The van der Waals surface area contributed by atoms with Crippen LogP contribution in [0.15, 0.2) is 0 Å². The van der Waals surface area contributed by atoms with Gasteiger partial charge in [-0.05, 0) is 42.6 Å². The van der Waals surface area contributed by atoms with Gasteiger partial charge in [0, 0.05) is 33.1 Å². The molecule has 0 bridgehead atoms. The summed E-state index contributed by atoms with van der Waals surface area (Å²) < 4.78 is 1.81. The van der Waals surface area contributed by atoms with Crippen molar-refractivity contribution in [2.75, 3.05) is 19.0 Å². The summed E-state index contributed by atoms with van der Waals surface area (Å²) in [5, 5.41) is 14.5. The van der Waals surface area contributed by atoms with Gasteiger partial charge in [0.25, 0.3) is 0 Å². The van der Waals surface area contributed by atoms with Gasteiger partial charge in [-0.15, -0.1) is 0 Å². The van der Waals surface area contributed by atoms with E-state index < -0.39 is 4.92 Å². The lowest BCUT2D eigenvalue weighted by Crippen LogP contribution is -2.40. The summed E-state index contributed by atoms with van der Waals surface area (Å²) in [6, 6.07) is 0.913.